The van der Waals surface area contributed by atoms with Crippen LogP contribution < -0.4 is 10.6 Å². The van der Waals surface area contributed by atoms with E-state index in [0.717, 1.165) is 44.7 Å². The molecule has 1 fully saturated rings. The fraction of sp³-hybridized carbons (Fsp3) is 0.320. The Hall–Kier alpha value is -3.98. The molecule has 2 aromatic carbocycles. The van der Waals surface area contributed by atoms with Gasteiger partial charge in [-0.2, -0.15) is 0 Å². The van der Waals surface area contributed by atoms with E-state index in [2.05, 4.69) is 25.6 Å². The van der Waals surface area contributed by atoms with Crippen molar-refractivity contribution in [1.82, 2.24) is 15.5 Å². The lowest BCUT2D eigenvalue weighted by molar-refractivity contribution is -0.118. The molecule has 0 spiro atoms. The van der Waals surface area contributed by atoms with Crippen molar-refractivity contribution in [3.63, 3.8) is 0 Å². The molecule has 0 radical (unpaired) electrons. The Balaban J connectivity index is 1.71. The van der Waals surface area contributed by atoms with Crippen molar-refractivity contribution < 1.29 is 19.1 Å². The van der Waals surface area contributed by atoms with Gasteiger partial charge in [-0.05, 0) is 41.3 Å². The molecule has 1 saturated heterocycles. The summed E-state index contributed by atoms with van der Waals surface area (Å²) in [5.74, 6) is -0.879. The Labute approximate surface area is 203 Å². The van der Waals surface area contributed by atoms with Crippen molar-refractivity contribution in [2.45, 2.75) is 19.4 Å². The van der Waals surface area contributed by atoms with Gasteiger partial charge >= 0.3 is 0 Å². The van der Waals surface area contributed by atoms with Crippen molar-refractivity contribution in [1.29, 1.82) is 0 Å². The van der Waals surface area contributed by atoms with E-state index < -0.39 is 11.8 Å². The van der Waals surface area contributed by atoms with Gasteiger partial charge in [-0.1, -0.05) is 41.5 Å². The Morgan fingerprint density at radius 1 is 1.09 bits per heavy atom. The van der Waals surface area contributed by atoms with Crippen LogP contribution in [0, 0.1) is 0 Å². The summed E-state index contributed by atoms with van der Waals surface area (Å²) >= 11 is 0. The number of nitrogens with zero attached hydrogens (tertiary/aromatic N) is 4. The van der Waals surface area contributed by atoms with Crippen molar-refractivity contribution in [2.75, 3.05) is 32.8 Å². The lowest BCUT2D eigenvalue weighted by Gasteiger charge is -2.26. The molecule has 35 heavy (non-hydrogen) atoms. The molecule has 1 heterocycles. The number of rotatable bonds is 11. The minimum absolute atomic E-state index is 0.0648. The van der Waals surface area contributed by atoms with Crippen LogP contribution in [-0.4, -0.2) is 55.8 Å². The maximum absolute atomic E-state index is 12.9. The van der Waals surface area contributed by atoms with Crippen LogP contribution in [0.1, 0.15) is 34.3 Å². The van der Waals surface area contributed by atoms with E-state index in [4.69, 9.17) is 10.3 Å². The third kappa shape index (κ3) is 8.38. The third-order valence-electron chi connectivity index (χ3n) is 5.37. The summed E-state index contributed by atoms with van der Waals surface area (Å²) in [7, 11) is 0. The number of carbonyl (C=O) groups is 3. The van der Waals surface area contributed by atoms with Gasteiger partial charge < -0.3 is 20.2 Å². The van der Waals surface area contributed by atoms with E-state index in [1.807, 2.05) is 12.1 Å². The number of benzene rings is 2. The van der Waals surface area contributed by atoms with Crippen molar-refractivity contribution in [3.8, 4) is 0 Å². The molecule has 0 atom stereocenters. The highest BCUT2D eigenvalue weighted by molar-refractivity contribution is 6.05. The summed E-state index contributed by atoms with van der Waals surface area (Å²) < 4.78 is 5.37. The lowest BCUT2D eigenvalue weighted by Crippen LogP contribution is -2.36. The van der Waals surface area contributed by atoms with E-state index in [0.29, 0.717) is 36.2 Å². The standard InChI is InChI=1S/C25H28N6O4/c26-30-29-22-9-5-19(6-10-22)17-23(25(34)27-11-1-2-14-32)28-24(33)21-7-3-20(4-8-21)18-31-12-15-35-16-13-31/h3-10,14,17H,1-2,11-13,15-16,18H2,(H,27,34)(H,28,33). The second-order valence-corrected chi connectivity index (χ2v) is 7.94. The Morgan fingerprint density at radius 3 is 2.46 bits per heavy atom. The van der Waals surface area contributed by atoms with Gasteiger partial charge in [0.2, 0.25) is 0 Å². The molecule has 2 amide bonds. The van der Waals surface area contributed by atoms with Gasteiger partial charge in [-0.3, -0.25) is 14.5 Å². The van der Waals surface area contributed by atoms with Crippen LogP contribution in [0.2, 0.25) is 0 Å². The molecule has 0 unspecified atom stereocenters. The molecule has 1 aliphatic heterocycles. The van der Waals surface area contributed by atoms with Gasteiger partial charge in [-0.15, -0.1) is 0 Å². The van der Waals surface area contributed by atoms with E-state index >= 15 is 0 Å². The first-order chi connectivity index (χ1) is 17.1. The predicted octanol–water partition coefficient (Wildman–Crippen LogP) is 3.33. The number of unbranched alkanes of at least 4 members (excludes halogenated alkanes) is 1. The zero-order valence-corrected chi connectivity index (χ0v) is 19.4. The minimum atomic E-state index is -0.465. The molecular weight excluding hydrogens is 448 g/mol. The summed E-state index contributed by atoms with van der Waals surface area (Å²) in [6.07, 6.45) is 3.17. The fourth-order valence-corrected chi connectivity index (χ4v) is 3.47. The van der Waals surface area contributed by atoms with Crippen molar-refractivity contribution in [2.24, 2.45) is 5.11 Å². The Kier molecular flexibility index (Phi) is 10.0. The highest BCUT2D eigenvalue weighted by Crippen LogP contribution is 2.16. The number of ether oxygens (including phenoxy) is 1. The number of morpholine rings is 1. The summed E-state index contributed by atoms with van der Waals surface area (Å²) in [5.41, 5.74) is 11.2. The highest BCUT2D eigenvalue weighted by Gasteiger charge is 2.15. The Bertz CT molecular complexity index is 1090. The summed E-state index contributed by atoms with van der Waals surface area (Å²) in [6.45, 7) is 4.29. The van der Waals surface area contributed by atoms with Crippen molar-refractivity contribution in [3.05, 3.63) is 81.4 Å². The van der Waals surface area contributed by atoms with E-state index in [-0.39, 0.29) is 5.70 Å². The molecule has 0 aliphatic carbocycles. The fourth-order valence-electron chi connectivity index (χ4n) is 3.47. The van der Waals surface area contributed by atoms with E-state index in [1.54, 1.807) is 42.5 Å². The smallest absolute Gasteiger partial charge is 0.267 e. The first-order valence-electron chi connectivity index (χ1n) is 11.4. The normalized spacial score (nSPS) is 14.0. The van der Waals surface area contributed by atoms with Gasteiger partial charge in [0.25, 0.3) is 11.8 Å². The molecule has 0 aromatic heterocycles. The van der Waals surface area contributed by atoms with Gasteiger partial charge in [0.15, 0.2) is 0 Å². The van der Waals surface area contributed by atoms with Crippen LogP contribution in [0.25, 0.3) is 16.5 Å². The minimum Gasteiger partial charge on any atom is -0.379 e. The van der Waals surface area contributed by atoms with Gasteiger partial charge in [0.05, 0.1) is 13.2 Å². The Morgan fingerprint density at radius 2 is 1.80 bits per heavy atom. The summed E-state index contributed by atoms with van der Waals surface area (Å²) in [6, 6.07) is 13.9. The second-order valence-electron chi connectivity index (χ2n) is 7.94. The lowest BCUT2D eigenvalue weighted by atomic mass is 10.1. The quantitative estimate of drug-likeness (QED) is 0.128. The zero-order valence-electron chi connectivity index (χ0n) is 19.4. The summed E-state index contributed by atoms with van der Waals surface area (Å²) in [4.78, 5) is 41.2. The second kappa shape index (κ2) is 13.7. The molecule has 1 aliphatic rings. The average Bonchev–Trinajstić information content (AvgIpc) is 2.88. The van der Waals surface area contributed by atoms with Crippen LogP contribution in [0.3, 0.4) is 0 Å². The molecule has 10 nitrogen and oxygen atoms in total. The number of hydrogen-bond donors (Lipinski definition) is 2. The van der Waals surface area contributed by atoms with E-state index in [1.165, 1.54) is 0 Å². The topological polar surface area (TPSA) is 136 Å². The first-order valence-corrected chi connectivity index (χ1v) is 11.4. The summed E-state index contributed by atoms with van der Waals surface area (Å²) in [5, 5.41) is 8.94. The molecule has 3 rings (SSSR count). The monoisotopic (exact) mass is 476 g/mol. The zero-order chi connectivity index (χ0) is 24.9. The van der Waals surface area contributed by atoms with Crippen LogP contribution in [-0.2, 0) is 20.9 Å². The maximum Gasteiger partial charge on any atom is 0.267 e. The van der Waals surface area contributed by atoms with Crippen molar-refractivity contribution >= 4 is 29.9 Å². The number of nitrogens with one attached hydrogen (secondary N) is 2. The van der Waals surface area contributed by atoms with Crippen LogP contribution in [0.4, 0.5) is 5.69 Å². The average molecular weight is 477 g/mol. The third-order valence-corrected chi connectivity index (χ3v) is 5.37. The molecule has 0 bridgehead atoms. The first kappa shape index (κ1) is 25.6. The largest absolute Gasteiger partial charge is 0.379 e. The SMILES string of the molecule is [N-]=[N+]=Nc1ccc(C=C(NC(=O)c2ccc(CN3CCOCC3)cc2)C(=O)NCCCC=O)cc1. The predicted molar refractivity (Wildman–Crippen MR) is 132 cm³/mol. The molecular formula is C25H28N6O4. The molecule has 10 heteroatoms. The van der Waals surface area contributed by atoms with Gasteiger partial charge in [0.1, 0.15) is 12.0 Å². The molecule has 0 saturated carbocycles. The van der Waals surface area contributed by atoms with Crippen LogP contribution in [0.15, 0.2) is 59.3 Å². The van der Waals surface area contributed by atoms with E-state index in [9.17, 15) is 14.4 Å². The van der Waals surface area contributed by atoms with Gasteiger partial charge in [-0.25, -0.2) is 0 Å². The number of aldehydes is 1. The number of carbonyl (C=O) groups excluding carboxylic acids is 3. The molecule has 2 N–H and O–H groups in total. The maximum atomic E-state index is 12.9. The highest BCUT2D eigenvalue weighted by atomic mass is 16.5. The molecule has 182 valence electrons. The van der Waals surface area contributed by atoms with Crippen LogP contribution >= 0.6 is 0 Å². The molecule has 2 aromatic rings. The van der Waals surface area contributed by atoms with Crippen LogP contribution in [0.5, 0.6) is 0 Å². The number of hydrogen-bond acceptors (Lipinski definition) is 6. The number of amides is 2. The number of azide groups is 1. The van der Waals surface area contributed by atoms with Gasteiger partial charge in [0, 0.05) is 48.8 Å².